The van der Waals surface area contributed by atoms with Crippen molar-refractivity contribution in [3.05, 3.63) is 66.2 Å². The van der Waals surface area contributed by atoms with Gasteiger partial charge < -0.3 is 5.32 Å². The minimum absolute atomic E-state index is 0.187. The van der Waals surface area contributed by atoms with Gasteiger partial charge in [0.05, 0.1) is 32.3 Å². The molecule has 1 aromatic carbocycles. The molecule has 8 heteroatoms. The molecule has 25 heavy (non-hydrogen) atoms. The standard InChI is InChI=1S/C17H14Br2FN3OS/c1-9-15(21-17(24)14-7-13(18)16(19)25-14)10(2)23(22-9)8-11-4-3-5-12(20)6-11/h3-7H,8H2,1-2H3,(H,21,24). The summed E-state index contributed by atoms with van der Waals surface area (Å²) in [4.78, 5) is 13.1. The molecular formula is C17H14Br2FN3OS. The van der Waals surface area contributed by atoms with Crippen molar-refractivity contribution in [1.29, 1.82) is 0 Å². The van der Waals surface area contributed by atoms with Gasteiger partial charge in [-0.2, -0.15) is 5.10 Å². The Hall–Kier alpha value is -1.51. The van der Waals surface area contributed by atoms with E-state index in [1.807, 2.05) is 19.9 Å². The van der Waals surface area contributed by atoms with Gasteiger partial charge in [0, 0.05) is 4.47 Å². The molecule has 4 nitrogen and oxygen atoms in total. The van der Waals surface area contributed by atoms with Gasteiger partial charge in [0.2, 0.25) is 0 Å². The van der Waals surface area contributed by atoms with Crippen LogP contribution in [0.4, 0.5) is 10.1 Å². The Kier molecular flexibility index (Phi) is 5.41. The third-order valence-corrected chi connectivity index (χ3v) is 6.97. The normalized spacial score (nSPS) is 10.9. The first kappa shape index (κ1) is 18.3. The Bertz CT molecular complexity index is 932. The highest BCUT2D eigenvalue weighted by Crippen LogP contribution is 2.33. The van der Waals surface area contributed by atoms with Crippen molar-refractivity contribution in [1.82, 2.24) is 9.78 Å². The average molecular weight is 487 g/mol. The van der Waals surface area contributed by atoms with E-state index >= 15 is 0 Å². The minimum atomic E-state index is -0.276. The smallest absolute Gasteiger partial charge is 0.265 e. The second-order valence-electron chi connectivity index (χ2n) is 5.52. The van der Waals surface area contributed by atoms with Gasteiger partial charge in [-0.1, -0.05) is 12.1 Å². The first-order valence-corrected chi connectivity index (χ1v) is 9.80. The summed E-state index contributed by atoms with van der Waals surface area (Å²) < 4.78 is 16.8. The highest BCUT2D eigenvalue weighted by atomic mass is 79.9. The van der Waals surface area contributed by atoms with Gasteiger partial charge in [-0.15, -0.1) is 11.3 Å². The minimum Gasteiger partial charge on any atom is -0.318 e. The lowest BCUT2D eigenvalue weighted by Gasteiger charge is -2.07. The molecule has 1 amide bonds. The van der Waals surface area contributed by atoms with Crippen molar-refractivity contribution in [2.75, 3.05) is 5.32 Å². The molecule has 0 unspecified atom stereocenters. The van der Waals surface area contributed by atoms with E-state index in [-0.39, 0.29) is 11.7 Å². The number of aryl methyl sites for hydroxylation is 1. The largest absolute Gasteiger partial charge is 0.318 e. The topological polar surface area (TPSA) is 46.9 Å². The zero-order valence-electron chi connectivity index (χ0n) is 13.4. The number of nitrogens with zero attached hydrogens (tertiary/aromatic N) is 2. The van der Waals surface area contributed by atoms with Crippen molar-refractivity contribution in [3.63, 3.8) is 0 Å². The van der Waals surface area contributed by atoms with E-state index in [4.69, 9.17) is 0 Å². The fourth-order valence-corrected chi connectivity index (χ4v) is 4.40. The molecule has 0 radical (unpaired) electrons. The van der Waals surface area contributed by atoms with Crippen molar-refractivity contribution in [2.24, 2.45) is 0 Å². The lowest BCUT2D eigenvalue weighted by molar-refractivity contribution is 0.103. The van der Waals surface area contributed by atoms with E-state index in [0.29, 0.717) is 17.1 Å². The summed E-state index contributed by atoms with van der Waals surface area (Å²) in [5.74, 6) is -0.464. The fourth-order valence-electron chi connectivity index (χ4n) is 2.47. The second-order valence-corrected chi connectivity index (χ2v) is 8.74. The third kappa shape index (κ3) is 4.02. The summed E-state index contributed by atoms with van der Waals surface area (Å²) in [5, 5.41) is 7.39. The molecule has 0 spiro atoms. The van der Waals surface area contributed by atoms with E-state index in [0.717, 1.165) is 25.2 Å². The highest BCUT2D eigenvalue weighted by Gasteiger charge is 2.17. The number of thiophene rings is 1. The first-order valence-electron chi connectivity index (χ1n) is 7.40. The number of halogens is 3. The van der Waals surface area contributed by atoms with Crippen LogP contribution in [0, 0.1) is 19.7 Å². The highest BCUT2D eigenvalue weighted by molar-refractivity contribution is 9.13. The van der Waals surface area contributed by atoms with Gasteiger partial charge in [0.15, 0.2) is 0 Å². The number of nitrogens with one attached hydrogen (secondary N) is 1. The molecule has 0 atom stereocenters. The average Bonchev–Trinajstić information content (AvgIpc) is 3.02. The molecule has 0 saturated heterocycles. The number of hydrogen-bond acceptors (Lipinski definition) is 3. The summed E-state index contributed by atoms with van der Waals surface area (Å²) in [6, 6.07) is 8.18. The predicted octanol–water partition coefficient (Wildman–Crippen LogP) is 5.53. The first-order chi connectivity index (χ1) is 11.8. The van der Waals surface area contributed by atoms with Crippen LogP contribution >= 0.6 is 43.2 Å². The van der Waals surface area contributed by atoms with Crippen LogP contribution in [0.3, 0.4) is 0 Å². The predicted molar refractivity (Wildman–Crippen MR) is 105 cm³/mol. The molecule has 2 heterocycles. The molecule has 3 aromatic rings. The lowest BCUT2D eigenvalue weighted by atomic mass is 10.2. The Morgan fingerprint density at radius 2 is 2.08 bits per heavy atom. The van der Waals surface area contributed by atoms with Gasteiger partial charge in [0.1, 0.15) is 5.82 Å². The molecule has 2 aromatic heterocycles. The Labute approximate surface area is 165 Å². The maximum absolute atomic E-state index is 13.4. The van der Waals surface area contributed by atoms with E-state index in [2.05, 4.69) is 42.3 Å². The number of aromatic nitrogens is 2. The number of amides is 1. The van der Waals surface area contributed by atoms with Crippen molar-refractivity contribution in [2.45, 2.75) is 20.4 Å². The van der Waals surface area contributed by atoms with Crippen LogP contribution in [0.1, 0.15) is 26.6 Å². The monoisotopic (exact) mass is 485 g/mol. The van der Waals surface area contributed by atoms with E-state index < -0.39 is 0 Å². The molecule has 0 saturated carbocycles. The Morgan fingerprint density at radius 1 is 1.32 bits per heavy atom. The molecule has 0 fully saturated rings. The Morgan fingerprint density at radius 3 is 2.72 bits per heavy atom. The Balaban J connectivity index is 1.83. The molecule has 3 rings (SSSR count). The molecular weight excluding hydrogens is 473 g/mol. The van der Waals surface area contributed by atoms with Crippen LogP contribution < -0.4 is 5.32 Å². The van der Waals surface area contributed by atoms with Crippen LogP contribution in [0.25, 0.3) is 0 Å². The summed E-state index contributed by atoms with van der Waals surface area (Å²) >= 11 is 8.13. The summed E-state index contributed by atoms with van der Waals surface area (Å²) in [6.07, 6.45) is 0. The van der Waals surface area contributed by atoms with Gasteiger partial charge in [-0.3, -0.25) is 9.48 Å². The molecule has 1 N–H and O–H groups in total. The van der Waals surface area contributed by atoms with Crippen molar-refractivity contribution >= 4 is 54.8 Å². The molecule has 0 aliphatic carbocycles. The van der Waals surface area contributed by atoms with Gasteiger partial charge in [0.25, 0.3) is 5.91 Å². The molecule has 130 valence electrons. The maximum atomic E-state index is 13.4. The second kappa shape index (κ2) is 7.39. The molecule has 0 aliphatic rings. The zero-order chi connectivity index (χ0) is 18.1. The van der Waals surface area contributed by atoms with Crippen LogP contribution in [-0.4, -0.2) is 15.7 Å². The summed E-state index contributed by atoms with van der Waals surface area (Å²) in [5.41, 5.74) is 3.04. The van der Waals surface area contributed by atoms with Gasteiger partial charge >= 0.3 is 0 Å². The maximum Gasteiger partial charge on any atom is 0.265 e. The van der Waals surface area contributed by atoms with Crippen LogP contribution in [0.15, 0.2) is 38.6 Å². The lowest BCUT2D eigenvalue weighted by Crippen LogP contribution is -2.12. The molecule has 0 bridgehead atoms. The van der Waals surface area contributed by atoms with E-state index in [1.165, 1.54) is 23.5 Å². The fraction of sp³-hybridized carbons (Fsp3) is 0.176. The number of rotatable bonds is 4. The van der Waals surface area contributed by atoms with Crippen molar-refractivity contribution < 1.29 is 9.18 Å². The number of anilines is 1. The van der Waals surface area contributed by atoms with Crippen molar-refractivity contribution in [3.8, 4) is 0 Å². The van der Waals surface area contributed by atoms with Gasteiger partial charge in [-0.25, -0.2) is 4.39 Å². The number of hydrogen-bond donors (Lipinski definition) is 1. The van der Waals surface area contributed by atoms with E-state index in [9.17, 15) is 9.18 Å². The zero-order valence-corrected chi connectivity index (χ0v) is 17.4. The SMILES string of the molecule is Cc1nn(Cc2cccc(F)c2)c(C)c1NC(=O)c1cc(Br)c(Br)s1. The van der Waals surface area contributed by atoms with Crippen LogP contribution in [-0.2, 0) is 6.54 Å². The summed E-state index contributed by atoms with van der Waals surface area (Å²) in [6.45, 7) is 4.16. The van der Waals surface area contributed by atoms with Gasteiger partial charge in [-0.05, 0) is 69.5 Å². The van der Waals surface area contributed by atoms with Crippen LogP contribution in [0.2, 0.25) is 0 Å². The quantitative estimate of drug-likeness (QED) is 0.527. The third-order valence-electron chi connectivity index (χ3n) is 3.71. The van der Waals surface area contributed by atoms with Crippen LogP contribution in [0.5, 0.6) is 0 Å². The number of carbonyl (C=O) groups is 1. The number of carbonyl (C=O) groups excluding carboxylic acids is 1. The molecule has 0 aliphatic heterocycles. The number of benzene rings is 1. The van der Waals surface area contributed by atoms with E-state index in [1.54, 1.807) is 16.8 Å². The summed E-state index contributed by atoms with van der Waals surface area (Å²) in [7, 11) is 0.